The smallest absolute Gasteiger partial charge is 0.138 e. The summed E-state index contributed by atoms with van der Waals surface area (Å²) < 4.78 is 1.91. The van der Waals surface area contributed by atoms with Gasteiger partial charge in [-0.25, -0.2) is 9.67 Å². The maximum Gasteiger partial charge on any atom is 0.138 e. The molecule has 2 rings (SSSR count). The van der Waals surface area contributed by atoms with Gasteiger partial charge in [0.25, 0.3) is 0 Å². The first-order valence-electron chi connectivity index (χ1n) is 6.83. The largest absolute Gasteiger partial charge is 0.389 e. The summed E-state index contributed by atoms with van der Waals surface area (Å²) >= 11 is 0. The van der Waals surface area contributed by atoms with Gasteiger partial charge in [0.1, 0.15) is 12.2 Å². The normalized spacial score (nSPS) is 28.8. The van der Waals surface area contributed by atoms with Crippen molar-refractivity contribution in [1.29, 1.82) is 0 Å². The lowest BCUT2D eigenvalue weighted by molar-refractivity contribution is -0.00244. The van der Waals surface area contributed by atoms with Gasteiger partial charge in [-0.1, -0.05) is 13.8 Å². The summed E-state index contributed by atoms with van der Waals surface area (Å²) in [6, 6.07) is 0.249. The molecular formula is C13H24N4O. The van der Waals surface area contributed by atoms with Crippen molar-refractivity contribution < 1.29 is 5.11 Å². The standard InChI is InChI=1S/C13H24N4O/c1-10(2)8-17-12(15-9-16-17)7-13(18)5-3-11(14)4-6-13/h9-11,18H,3-8,14H2,1-2H3. The van der Waals surface area contributed by atoms with E-state index < -0.39 is 5.60 Å². The van der Waals surface area contributed by atoms with Crippen LogP contribution >= 0.6 is 0 Å². The van der Waals surface area contributed by atoms with E-state index in [-0.39, 0.29) is 6.04 Å². The first-order chi connectivity index (χ1) is 8.48. The number of rotatable bonds is 4. The molecular weight excluding hydrogens is 228 g/mol. The van der Waals surface area contributed by atoms with E-state index in [9.17, 15) is 5.11 Å². The number of nitrogens with two attached hydrogens (primary N) is 1. The van der Waals surface area contributed by atoms with Gasteiger partial charge < -0.3 is 10.8 Å². The minimum absolute atomic E-state index is 0.249. The third-order valence-corrected chi connectivity index (χ3v) is 3.68. The van der Waals surface area contributed by atoms with Crippen LogP contribution in [0.15, 0.2) is 6.33 Å². The van der Waals surface area contributed by atoms with E-state index in [4.69, 9.17) is 5.73 Å². The van der Waals surface area contributed by atoms with Crippen LogP contribution in [0.2, 0.25) is 0 Å². The summed E-state index contributed by atoms with van der Waals surface area (Å²) in [7, 11) is 0. The molecule has 0 aromatic carbocycles. The van der Waals surface area contributed by atoms with Crippen molar-refractivity contribution in [2.75, 3.05) is 0 Å². The fraction of sp³-hybridized carbons (Fsp3) is 0.846. The Kier molecular flexibility index (Phi) is 4.02. The van der Waals surface area contributed by atoms with Crippen LogP contribution in [0.25, 0.3) is 0 Å². The van der Waals surface area contributed by atoms with E-state index in [1.165, 1.54) is 0 Å². The fourth-order valence-corrected chi connectivity index (χ4v) is 2.57. The Hall–Kier alpha value is -0.940. The summed E-state index contributed by atoms with van der Waals surface area (Å²) in [6.45, 7) is 5.16. The van der Waals surface area contributed by atoms with Gasteiger partial charge in [-0.05, 0) is 31.6 Å². The van der Waals surface area contributed by atoms with Crippen molar-refractivity contribution >= 4 is 0 Å². The number of nitrogens with zero attached hydrogens (tertiary/aromatic N) is 3. The van der Waals surface area contributed by atoms with E-state index in [0.29, 0.717) is 12.3 Å². The van der Waals surface area contributed by atoms with Crippen molar-refractivity contribution in [3.05, 3.63) is 12.2 Å². The van der Waals surface area contributed by atoms with Gasteiger partial charge in [0.05, 0.1) is 5.60 Å². The predicted molar refractivity (Wildman–Crippen MR) is 70.0 cm³/mol. The highest BCUT2D eigenvalue weighted by molar-refractivity contribution is 4.97. The molecule has 0 radical (unpaired) electrons. The lowest BCUT2D eigenvalue weighted by atomic mass is 9.80. The Morgan fingerprint density at radius 1 is 1.50 bits per heavy atom. The summed E-state index contributed by atoms with van der Waals surface area (Å²) in [5.74, 6) is 1.42. The van der Waals surface area contributed by atoms with E-state index in [1.807, 2.05) is 4.68 Å². The molecule has 1 aliphatic carbocycles. The zero-order valence-corrected chi connectivity index (χ0v) is 11.3. The van der Waals surface area contributed by atoms with E-state index in [2.05, 4.69) is 23.9 Å². The maximum absolute atomic E-state index is 10.6. The molecule has 0 spiro atoms. The second-order valence-corrected chi connectivity index (χ2v) is 5.99. The van der Waals surface area contributed by atoms with Gasteiger partial charge in [0.2, 0.25) is 0 Å². The zero-order chi connectivity index (χ0) is 13.2. The van der Waals surface area contributed by atoms with Crippen molar-refractivity contribution in [3.63, 3.8) is 0 Å². The Morgan fingerprint density at radius 3 is 2.78 bits per heavy atom. The number of hydrogen-bond donors (Lipinski definition) is 2. The Bertz CT molecular complexity index is 380. The van der Waals surface area contributed by atoms with Gasteiger partial charge in [0, 0.05) is 19.0 Å². The zero-order valence-electron chi connectivity index (χ0n) is 11.3. The van der Waals surface area contributed by atoms with Crippen LogP contribution in [0.5, 0.6) is 0 Å². The van der Waals surface area contributed by atoms with E-state index in [1.54, 1.807) is 6.33 Å². The molecule has 102 valence electrons. The van der Waals surface area contributed by atoms with Gasteiger partial charge in [-0.15, -0.1) is 0 Å². The monoisotopic (exact) mass is 252 g/mol. The number of aromatic nitrogens is 3. The van der Waals surface area contributed by atoms with Crippen LogP contribution < -0.4 is 5.73 Å². The second-order valence-electron chi connectivity index (χ2n) is 5.99. The molecule has 0 aliphatic heterocycles. The highest BCUT2D eigenvalue weighted by Crippen LogP contribution is 2.30. The summed E-state index contributed by atoms with van der Waals surface area (Å²) in [6.07, 6.45) is 5.50. The number of hydrogen-bond acceptors (Lipinski definition) is 4. The van der Waals surface area contributed by atoms with Gasteiger partial charge in [-0.3, -0.25) is 0 Å². The van der Waals surface area contributed by atoms with Crippen molar-refractivity contribution in [2.24, 2.45) is 11.7 Å². The molecule has 1 fully saturated rings. The molecule has 1 saturated carbocycles. The first-order valence-corrected chi connectivity index (χ1v) is 6.83. The third kappa shape index (κ3) is 3.29. The molecule has 1 aromatic rings. The van der Waals surface area contributed by atoms with Crippen molar-refractivity contribution in [2.45, 2.75) is 64.1 Å². The van der Waals surface area contributed by atoms with Crippen molar-refractivity contribution in [1.82, 2.24) is 14.8 Å². The quantitative estimate of drug-likeness (QED) is 0.841. The molecule has 18 heavy (non-hydrogen) atoms. The molecule has 1 heterocycles. The highest BCUT2D eigenvalue weighted by atomic mass is 16.3. The lowest BCUT2D eigenvalue weighted by Gasteiger charge is -2.34. The Morgan fingerprint density at radius 2 is 2.17 bits per heavy atom. The molecule has 0 saturated heterocycles. The molecule has 0 atom stereocenters. The summed E-state index contributed by atoms with van der Waals surface area (Å²) in [5.41, 5.74) is 5.24. The van der Waals surface area contributed by atoms with E-state index >= 15 is 0 Å². The van der Waals surface area contributed by atoms with Gasteiger partial charge in [-0.2, -0.15) is 5.10 Å². The SMILES string of the molecule is CC(C)Cn1ncnc1CC1(O)CCC(N)CC1. The average Bonchev–Trinajstić information content (AvgIpc) is 2.70. The summed E-state index contributed by atoms with van der Waals surface area (Å²) in [5, 5.41) is 14.8. The topological polar surface area (TPSA) is 77.0 Å². The third-order valence-electron chi connectivity index (χ3n) is 3.68. The second kappa shape index (κ2) is 5.36. The van der Waals surface area contributed by atoms with Crippen LogP contribution in [0.1, 0.15) is 45.4 Å². The van der Waals surface area contributed by atoms with Crippen LogP contribution in [0.3, 0.4) is 0 Å². The molecule has 0 unspecified atom stereocenters. The first kappa shape index (κ1) is 13.5. The minimum Gasteiger partial charge on any atom is -0.389 e. The number of aliphatic hydroxyl groups is 1. The Labute approximate surface area is 108 Å². The maximum atomic E-state index is 10.6. The fourth-order valence-electron chi connectivity index (χ4n) is 2.57. The molecule has 3 N–H and O–H groups in total. The minimum atomic E-state index is -0.641. The summed E-state index contributed by atoms with van der Waals surface area (Å²) in [4.78, 5) is 4.29. The molecule has 5 nitrogen and oxygen atoms in total. The van der Waals surface area contributed by atoms with Crippen LogP contribution in [-0.4, -0.2) is 31.5 Å². The van der Waals surface area contributed by atoms with Crippen LogP contribution in [0, 0.1) is 5.92 Å². The average molecular weight is 252 g/mol. The van der Waals surface area contributed by atoms with Gasteiger partial charge in [0.15, 0.2) is 0 Å². The lowest BCUT2D eigenvalue weighted by Crippen LogP contribution is -2.41. The van der Waals surface area contributed by atoms with Gasteiger partial charge >= 0.3 is 0 Å². The highest BCUT2D eigenvalue weighted by Gasteiger charge is 2.33. The molecule has 5 heteroatoms. The predicted octanol–water partition coefficient (Wildman–Crippen LogP) is 1.11. The molecule has 0 amide bonds. The molecule has 1 aromatic heterocycles. The van der Waals surface area contributed by atoms with E-state index in [0.717, 1.165) is 38.1 Å². The van der Waals surface area contributed by atoms with Crippen molar-refractivity contribution in [3.8, 4) is 0 Å². The molecule has 0 bridgehead atoms. The Balaban J connectivity index is 2.02. The van der Waals surface area contributed by atoms with Crippen LogP contribution in [0.4, 0.5) is 0 Å². The molecule has 1 aliphatic rings. The van der Waals surface area contributed by atoms with Crippen LogP contribution in [-0.2, 0) is 13.0 Å².